The number of allylic oxidation sites excluding steroid dienone is 1. The Balaban J connectivity index is 1.93. The van der Waals surface area contributed by atoms with E-state index in [2.05, 4.69) is 0 Å². The Kier molecular flexibility index (Phi) is 6.35. The van der Waals surface area contributed by atoms with Gasteiger partial charge in [-0.2, -0.15) is 4.57 Å². The number of benzene rings is 3. The second kappa shape index (κ2) is 9.11. The van der Waals surface area contributed by atoms with Gasteiger partial charge in [0, 0.05) is 5.56 Å². The van der Waals surface area contributed by atoms with Crippen LogP contribution in [0.15, 0.2) is 97.1 Å². The first kappa shape index (κ1) is 18.8. The highest BCUT2D eigenvalue weighted by atomic mass is 31.2. The van der Waals surface area contributed by atoms with Crippen molar-refractivity contribution in [2.24, 2.45) is 0 Å². The summed E-state index contributed by atoms with van der Waals surface area (Å²) in [4.78, 5) is 0. The van der Waals surface area contributed by atoms with Gasteiger partial charge in [0.25, 0.3) is 0 Å². The van der Waals surface area contributed by atoms with E-state index in [1.807, 2.05) is 55.5 Å². The lowest BCUT2D eigenvalue weighted by atomic mass is 10.2. The quantitative estimate of drug-likeness (QED) is 0.321. The molecule has 0 amide bonds. The first-order valence-electron chi connectivity index (χ1n) is 8.73. The maximum Gasteiger partial charge on any atom is 0.647 e. The van der Waals surface area contributed by atoms with Crippen LogP contribution in [-0.2, 0) is 9.09 Å². The summed E-state index contributed by atoms with van der Waals surface area (Å²) in [6.07, 6.45) is 2.56. The number of rotatable bonds is 8. The lowest BCUT2D eigenvalue weighted by Crippen LogP contribution is -2.05. The van der Waals surface area contributed by atoms with Crippen LogP contribution >= 0.6 is 7.82 Å². The third kappa shape index (κ3) is 5.50. The molecule has 5 heteroatoms. The van der Waals surface area contributed by atoms with Crippen molar-refractivity contribution >= 4 is 13.6 Å². The van der Waals surface area contributed by atoms with Crippen LogP contribution in [-0.4, -0.2) is 0 Å². The van der Waals surface area contributed by atoms with E-state index < -0.39 is 7.82 Å². The molecule has 0 saturated heterocycles. The van der Waals surface area contributed by atoms with Crippen molar-refractivity contribution in [2.45, 2.75) is 13.3 Å². The number of phosphoric acid groups is 1. The van der Waals surface area contributed by atoms with Crippen LogP contribution in [0.3, 0.4) is 0 Å². The van der Waals surface area contributed by atoms with E-state index in [0.29, 0.717) is 23.7 Å². The Morgan fingerprint density at radius 2 is 1.22 bits per heavy atom. The molecule has 3 rings (SSSR count). The Hall–Kier alpha value is -2.97. The van der Waals surface area contributed by atoms with Crippen molar-refractivity contribution in [1.82, 2.24) is 0 Å². The molecule has 0 aliphatic rings. The Morgan fingerprint density at radius 1 is 0.778 bits per heavy atom. The van der Waals surface area contributed by atoms with E-state index in [1.165, 1.54) is 0 Å². The number of para-hydroxylation sites is 2. The SMILES string of the molecule is CC/C=C(/OP(=O)(Oc1ccccc1)Oc1ccccc1)c1ccccc1. The maximum absolute atomic E-state index is 13.5. The van der Waals surface area contributed by atoms with Crippen LogP contribution in [0.2, 0.25) is 0 Å². The van der Waals surface area contributed by atoms with Crippen LogP contribution in [0.1, 0.15) is 18.9 Å². The fourth-order valence-electron chi connectivity index (χ4n) is 2.39. The van der Waals surface area contributed by atoms with Crippen LogP contribution in [0.25, 0.3) is 5.76 Å². The van der Waals surface area contributed by atoms with Crippen molar-refractivity contribution in [2.75, 3.05) is 0 Å². The van der Waals surface area contributed by atoms with Gasteiger partial charge < -0.3 is 13.6 Å². The molecule has 0 bridgehead atoms. The molecule has 3 aromatic carbocycles. The van der Waals surface area contributed by atoms with Crippen LogP contribution in [0.5, 0.6) is 11.5 Å². The standard InChI is InChI=1S/C22H21O4P/c1-2-12-22(19-13-6-3-7-14-19)26-27(23,24-20-15-8-4-9-16-20)25-21-17-10-5-11-18-21/h3-18H,2H2,1H3/b22-12+. The molecule has 27 heavy (non-hydrogen) atoms. The first-order valence-corrected chi connectivity index (χ1v) is 10.2. The first-order chi connectivity index (χ1) is 13.2. The smallest absolute Gasteiger partial charge is 0.386 e. The minimum atomic E-state index is -3.98. The predicted molar refractivity (Wildman–Crippen MR) is 108 cm³/mol. The van der Waals surface area contributed by atoms with E-state index in [-0.39, 0.29) is 0 Å². The molecule has 138 valence electrons. The number of hydrogen-bond donors (Lipinski definition) is 0. The fourth-order valence-corrected chi connectivity index (χ4v) is 3.69. The topological polar surface area (TPSA) is 44.8 Å². The lowest BCUT2D eigenvalue weighted by Gasteiger charge is -2.21. The normalized spacial score (nSPS) is 11.7. The molecule has 3 aromatic rings. The molecule has 0 fully saturated rings. The van der Waals surface area contributed by atoms with Gasteiger partial charge in [0.1, 0.15) is 17.3 Å². The Morgan fingerprint density at radius 3 is 1.67 bits per heavy atom. The summed E-state index contributed by atoms with van der Waals surface area (Å²) in [5.74, 6) is 1.26. The van der Waals surface area contributed by atoms with Crippen LogP contribution in [0.4, 0.5) is 0 Å². The molecule has 0 atom stereocenters. The van der Waals surface area contributed by atoms with E-state index in [0.717, 1.165) is 5.56 Å². The van der Waals surface area contributed by atoms with Gasteiger partial charge >= 0.3 is 7.82 Å². The average Bonchev–Trinajstić information content (AvgIpc) is 2.70. The third-order valence-electron chi connectivity index (χ3n) is 3.58. The molecule has 0 aliphatic heterocycles. The summed E-state index contributed by atoms with van der Waals surface area (Å²) >= 11 is 0. The highest BCUT2D eigenvalue weighted by Crippen LogP contribution is 2.52. The molecular formula is C22H21O4P. The van der Waals surface area contributed by atoms with E-state index in [4.69, 9.17) is 13.6 Å². The van der Waals surface area contributed by atoms with Crippen molar-refractivity contribution in [1.29, 1.82) is 0 Å². The van der Waals surface area contributed by atoms with Crippen LogP contribution < -0.4 is 9.05 Å². The van der Waals surface area contributed by atoms with E-state index >= 15 is 0 Å². The second-order valence-electron chi connectivity index (χ2n) is 5.69. The molecule has 0 unspecified atom stereocenters. The average molecular weight is 380 g/mol. The zero-order valence-corrected chi connectivity index (χ0v) is 15.9. The van der Waals surface area contributed by atoms with Gasteiger partial charge in [-0.1, -0.05) is 73.7 Å². The fraction of sp³-hybridized carbons (Fsp3) is 0.0909. The molecule has 0 aliphatic carbocycles. The minimum absolute atomic E-state index is 0.403. The Bertz CT molecular complexity index is 863. The highest BCUT2D eigenvalue weighted by molar-refractivity contribution is 7.49. The summed E-state index contributed by atoms with van der Waals surface area (Å²) in [5, 5.41) is 0. The van der Waals surface area contributed by atoms with Crippen molar-refractivity contribution in [3.05, 3.63) is 103 Å². The lowest BCUT2D eigenvalue weighted by molar-refractivity contribution is 0.284. The summed E-state index contributed by atoms with van der Waals surface area (Å²) in [7, 11) is -3.98. The van der Waals surface area contributed by atoms with Gasteiger partial charge in [-0.3, -0.25) is 0 Å². The number of phosphoric ester groups is 1. The van der Waals surface area contributed by atoms with Crippen LogP contribution in [0, 0.1) is 0 Å². The van der Waals surface area contributed by atoms with Crippen molar-refractivity contribution < 1.29 is 18.1 Å². The molecule has 0 spiro atoms. The highest BCUT2D eigenvalue weighted by Gasteiger charge is 2.34. The summed E-state index contributed by atoms with van der Waals surface area (Å²) < 4.78 is 30.7. The molecular weight excluding hydrogens is 359 g/mol. The summed E-state index contributed by atoms with van der Waals surface area (Å²) in [6, 6.07) is 27.2. The molecule has 0 N–H and O–H groups in total. The largest absolute Gasteiger partial charge is 0.647 e. The monoisotopic (exact) mass is 380 g/mol. The predicted octanol–water partition coefficient (Wildman–Crippen LogP) is 6.72. The molecule has 4 nitrogen and oxygen atoms in total. The van der Waals surface area contributed by atoms with Gasteiger partial charge in [0.15, 0.2) is 0 Å². The van der Waals surface area contributed by atoms with Crippen molar-refractivity contribution in [3.63, 3.8) is 0 Å². The van der Waals surface area contributed by atoms with Gasteiger partial charge in [-0.05, 0) is 36.8 Å². The molecule has 0 saturated carbocycles. The zero-order valence-electron chi connectivity index (χ0n) is 15.0. The second-order valence-corrected chi connectivity index (χ2v) is 7.13. The van der Waals surface area contributed by atoms with Gasteiger partial charge in [0.05, 0.1) is 0 Å². The van der Waals surface area contributed by atoms with Gasteiger partial charge in [-0.15, -0.1) is 0 Å². The van der Waals surface area contributed by atoms with Gasteiger partial charge in [0.2, 0.25) is 0 Å². The molecule has 0 radical (unpaired) electrons. The minimum Gasteiger partial charge on any atom is -0.386 e. The summed E-state index contributed by atoms with van der Waals surface area (Å²) in [5.41, 5.74) is 0.799. The number of hydrogen-bond acceptors (Lipinski definition) is 4. The third-order valence-corrected chi connectivity index (χ3v) is 4.87. The van der Waals surface area contributed by atoms with E-state index in [1.54, 1.807) is 48.5 Å². The summed E-state index contributed by atoms with van der Waals surface area (Å²) in [6.45, 7) is 1.98. The van der Waals surface area contributed by atoms with E-state index in [9.17, 15) is 4.57 Å². The maximum atomic E-state index is 13.5. The van der Waals surface area contributed by atoms with Crippen molar-refractivity contribution in [3.8, 4) is 11.5 Å². The Labute approximate surface area is 159 Å². The molecule has 0 aromatic heterocycles. The molecule has 0 heterocycles. The zero-order chi connectivity index (χ0) is 19.0. The van der Waals surface area contributed by atoms with Gasteiger partial charge in [-0.25, -0.2) is 0 Å².